The first-order chi connectivity index (χ1) is 21.1. The van der Waals surface area contributed by atoms with Crippen molar-refractivity contribution in [3.05, 3.63) is 67.0 Å². The van der Waals surface area contributed by atoms with Crippen LogP contribution in [0.1, 0.15) is 25.7 Å². The van der Waals surface area contributed by atoms with E-state index in [2.05, 4.69) is 27.1 Å². The summed E-state index contributed by atoms with van der Waals surface area (Å²) in [5, 5.41) is 18.0. The summed E-state index contributed by atoms with van der Waals surface area (Å²) in [4.78, 5) is 31.4. The van der Waals surface area contributed by atoms with E-state index in [0.717, 1.165) is 28.7 Å². The molecular formula is C32H41N7O5. The van der Waals surface area contributed by atoms with Gasteiger partial charge >= 0.3 is 0 Å². The van der Waals surface area contributed by atoms with Gasteiger partial charge in [-0.25, -0.2) is 9.97 Å². The third-order valence-electron chi connectivity index (χ3n) is 6.92. The number of nitrogens with zero attached hydrogens (tertiary/aromatic N) is 5. The first kappa shape index (κ1) is 32.3. The predicted octanol–water partition coefficient (Wildman–Crippen LogP) is 4.45. The van der Waals surface area contributed by atoms with Gasteiger partial charge in [0.05, 0.1) is 53.2 Å². The van der Waals surface area contributed by atoms with Gasteiger partial charge in [0.1, 0.15) is 12.9 Å². The Kier molecular flexibility index (Phi) is 10.4. The molecule has 0 spiro atoms. The van der Waals surface area contributed by atoms with Gasteiger partial charge < -0.3 is 39.9 Å². The summed E-state index contributed by atoms with van der Waals surface area (Å²) < 4.78 is 13.1. The predicted molar refractivity (Wildman–Crippen MR) is 174 cm³/mol. The van der Waals surface area contributed by atoms with Crippen LogP contribution >= 0.6 is 0 Å². The number of ether oxygens (including phenoxy) is 2. The Morgan fingerprint density at radius 2 is 1.89 bits per heavy atom. The Morgan fingerprint density at radius 1 is 1.14 bits per heavy atom. The normalized spacial score (nSPS) is 12.0. The Morgan fingerprint density at radius 3 is 2.55 bits per heavy atom. The number of hydrogen-bond acceptors (Lipinski definition) is 10. The minimum absolute atomic E-state index is 0.237. The maximum Gasteiger partial charge on any atom is 0.247 e. The number of fused-ring (bicyclic) bond motifs is 1. The lowest BCUT2D eigenvalue weighted by Crippen LogP contribution is -2.29. The van der Waals surface area contributed by atoms with E-state index in [9.17, 15) is 9.90 Å². The number of carbonyl (C=O) groups is 1. The third-order valence-corrected chi connectivity index (χ3v) is 6.92. The monoisotopic (exact) mass is 603 g/mol. The molecule has 2 aromatic heterocycles. The molecule has 0 saturated carbocycles. The minimum atomic E-state index is -1.27. The van der Waals surface area contributed by atoms with E-state index in [1.54, 1.807) is 25.0 Å². The van der Waals surface area contributed by atoms with E-state index in [-0.39, 0.29) is 18.0 Å². The lowest BCUT2D eigenvalue weighted by molar-refractivity contribution is -0.129. The van der Waals surface area contributed by atoms with Crippen molar-refractivity contribution in [3.8, 4) is 17.0 Å². The van der Waals surface area contributed by atoms with Crippen LogP contribution in [0.3, 0.4) is 0 Å². The number of likely N-dealkylation sites (N-methyl/N-ethyl adjacent to an activating group) is 2. The molecule has 2 aromatic carbocycles. The minimum Gasteiger partial charge on any atom is -0.494 e. The van der Waals surface area contributed by atoms with Gasteiger partial charge in [-0.05, 0) is 46.2 Å². The highest BCUT2D eigenvalue weighted by Gasteiger charge is 2.23. The lowest BCUT2D eigenvalue weighted by atomic mass is 10.1. The molecule has 4 rings (SSSR count). The maximum atomic E-state index is 12.4. The largest absolute Gasteiger partial charge is 0.494 e. The number of nitrogens with one attached hydrogen (secondary N) is 2. The van der Waals surface area contributed by atoms with Crippen molar-refractivity contribution in [1.29, 1.82) is 0 Å². The summed E-state index contributed by atoms with van der Waals surface area (Å²) in [6.45, 7) is 8.79. The number of amides is 1. The smallest absolute Gasteiger partial charge is 0.247 e. The fraction of sp³-hybridized carbons (Fsp3) is 0.344. The van der Waals surface area contributed by atoms with E-state index >= 15 is 0 Å². The van der Waals surface area contributed by atoms with E-state index < -0.39 is 6.29 Å². The number of aromatic nitrogens is 3. The highest BCUT2D eigenvalue weighted by atomic mass is 16.6. The number of aliphatic hydroxyl groups is 1. The summed E-state index contributed by atoms with van der Waals surface area (Å²) >= 11 is 0. The van der Waals surface area contributed by atoms with Crippen molar-refractivity contribution in [1.82, 2.24) is 19.6 Å². The molecule has 3 N–H and O–H groups in total. The van der Waals surface area contributed by atoms with Crippen molar-refractivity contribution in [2.45, 2.75) is 26.2 Å². The van der Waals surface area contributed by atoms with Gasteiger partial charge in [-0.15, -0.1) is 0 Å². The van der Waals surface area contributed by atoms with Gasteiger partial charge in [-0.2, -0.15) is 4.73 Å². The molecule has 2 heterocycles. The molecule has 12 nitrogen and oxygen atoms in total. The Labute approximate surface area is 257 Å². The zero-order chi connectivity index (χ0) is 32.0. The second kappa shape index (κ2) is 14.2. The molecule has 44 heavy (non-hydrogen) atoms. The van der Waals surface area contributed by atoms with Gasteiger partial charge in [0, 0.05) is 43.4 Å². The third kappa shape index (κ3) is 7.28. The van der Waals surface area contributed by atoms with Gasteiger partial charge in [-0.1, -0.05) is 24.8 Å². The van der Waals surface area contributed by atoms with Crippen molar-refractivity contribution in [2.75, 3.05) is 64.0 Å². The van der Waals surface area contributed by atoms with Crippen LogP contribution in [0.4, 0.5) is 23.0 Å². The molecule has 1 unspecified atom stereocenters. The van der Waals surface area contributed by atoms with Crippen LogP contribution in [0.2, 0.25) is 0 Å². The van der Waals surface area contributed by atoms with Crippen LogP contribution in [0, 0.1) is 0 Å². The molecule has 0 fully saturated rings. The van der Waals surface area contributed by atoms with E-state index in [1.165, 1.54) is 12.3 Å². The summed E-state index contributed by atoms with van der Waals surface area (Å²) in [6.07, 6.45) is 3.06. The van der Waals surface area contributed by atoms with Crippen molar-refractivity contribution < 1.29 is 24.2 Å². The summed E-state index contributed by atoms with van der Waals surface area (Å²) in [7, 11) is 9.10. The Bertz CT molecular complexity index is 1620. The van der Waals surface area contributed by atoms with E-state index in [4.69, 9.17) is 19.3 Å². The highest BCUT2D eigenvalue weighted by Crippen LogP contribution is 2.39. The van der Waals surface area contributed by atoms with Crippen LogP contribution in [0.15, 0.2) is 61.4 Å². The van der Waals surface area contributed by atoms with Gasteiger partial charge in [0.2, 0.25) is 11.9 Å². The van der Waals surface area contributed by atoms with Crippen molar-refractivity contribution in [3.63, 3.8) is 0 Å². The quantitative estimate of drug-likeness (QED) is 0.141. The number of hydrogen-bond donors (Lipinski definition) is 3. The summed E-state index contributed by atoms with van der Waals surface area (Å²) in [5.41, 5.74) is 4.25. The van der Waals surface area contributed by atoms with Crippen LogP contribution in [0.5, 0.6) is 5.75 Å². The van der Waals surface area contributed by atoms with Crippen molar-refractivity contribution >= 4 is 39.8 Å². The number of carbonyl (C=O) groups excluding carboxylic acids is 1. The van der Waals surface area contributed by atoms with Crippen LogP contribution in [0.25, 0.3) is 22.2 Å². The van der Waals surface area contributed by atoms with Crippen LogP contribution in [-0.2, 0) is 9.53 Å². The number of anilines is 4. The first-order valence-electron chi connectivity index (χ1n) is 14.2. The van der Waals surface area contributed by atoms with Gasteiger partial charge in [0.25, 0.3) is 0 Å². The zero-order valence-electron chi connectivity index (χ0n) is 26.3. The average Bonchev–Trinajstić information content (AvgIpc) is 3.38. The Hall–Kier alpha value is -4.65. The molecule has 0 aliphatic rings. The Balaban J connectivity index is 1.82. The number of rotatable bonds is 14. The molecule has 0 bridgehead atoms. The summed E-state index contributed by atoms with van der Waals surface area (Å²) in [5.74, 6) is 0.407. The number of methoxy groups -OCH3 is 1. The van der Waals surface area contributed by atoms with Crippen molar-refractivity contribution in [2.24, 2.45) is 0 Å². The molecule has 1 atom stereocenters. The topological polar surface area (TPSA) is 126 Å². The molecule has 0 aliphatic carbocycles. The molecule has 0 saturated heterocycles. The van der Waals surface area contributed by atoms with E-state index in [1.807, 2.05) is 76.4 Å². The maximum absolute atomic E-state index is 12.4. The van der Waals surface area contributed by atoms with Gasteiger partial charge in [-0.3, -0.25) is 4.79 Å². The number of aliphatic hydroxyl groups excluding tert-OH is 1. The molecule has 234 valence electrons. The molecule has 12 heteroatoms. The molecule has 4 aromatic rings. The fourth-order valence-corrected chi connectivity index (χ4v) is 4.69. The van der Waals surface area contributed by atoms with Gasteiger partial charge in [0.15, 0.2) is 6.29 Å². The van der Waals surface area contributed by atoms with Crippen LogP contribution < -0.4 is 25.1 Å². The molecule has 0 aliphatic heterocycles. The average molecular weight is 604 g/mol. The molecule has 0 radical (unpaired) electrons. The van der Waals surface area contributed by atoms with Crippen LogP contribution in [-0.4, -0.2) is 85.2 Å². The lowest BCUT2D eigenvalue weighted by Gasteiger charge is -2.26. The summed E-state index contributed by atoms with van der Waals surface area (Å²) in [6, 6.07) is 11.4. The molecule has 1 amide bonds. The SMILES string of the molecule is C=CC(=O)Nc1cc(Nc2ncc(C(O)OC(C)C)c(-c3cn(OC)c4ccccc34)n2)c(OC)cc1N(C)CCN(C)C. The number of para-hydroxylation sites is 1. The second-order valence-corrected chi connectivity index (χ2v) is 10.7. The zero-order valence-corrected chi connectivity index (χ0v) is 26.3. The highest BCUT2D eigenvalue weighted by molar-refractivity contribution is 6.02. The fourth-order valence-electron chi connectivity index (χ4n) is 4.69. The van der Waals surface area contributed by atoms with E-state index in [0.29, 0.717) is 34.9 Å². The standard InChI is InChI=1S/C32H41N7O5/c1-9-29(40)34-24-16-25(28(42-7)17-27(24)38(6)15-14-37(4)5)35-32-33-18-22(31(41)44-20(2)3)30(36-32)23-19-39(43-8)26-13-11-10-12-21(23)26/h9-13,16-20,31,41H,1,14-15H2,2-8H3,(H,34,40)(H,33,35,36). The number of benzene rings is 2. The first-order valence-corrected chi connectivity index (χ1v) is 14.2. The second-order valence-electron chi connectivity index (χ2n) is 10.7. The molecular weight excluding hydrogens is 562 g/mol.